The minimum atomic E-state index is -0.314. The first-order valence-corrected chi connectivity index (χ1v) is 7.13. The Morgan fingerprint density at radius 2 is 2.29 bits per heavy atom. The van der Waals surface area contributed by atoms with Crippen LogP contribution in [0.5, 0.6) is 0 Å². The topological polar surface area (TPSA) is 83.0 Å². The van der Waals surface area contributed by atoms with Crippen molar-refractivity contribution < 1.29 is 9.53 Å². The minimum absolute atomic E-state index is 0.314. The maximum Gasteiger partial charge on any atom is 0.338 e. The van der Waals surface area contributed by atoms with Gasteiger partial charge in [0.1, 0.15) is 0 Å². The van der Waals surface area contributed by atoms with Gasteiger partial charge in [-0.1, -0.05) is 24.6 Å². The highest BCUT2D eigenvalue weighted by molar-refractivity contribution is 5.90. The Hall–Kier alpha value is -2.21. The molecule has 0 amide bonds. The fourth-order valence-corrected chi connectivity index (χ4v) is 1.95. The number of hydrogen-bond acceptors (Lipinski definition) is 5. The first kappa shape index (κ1) is 15.2. The molecule has 0 unspecified atom stereocenters. The second-order valence-corrected chi connectivity index (χ2v) is 4.72. The number of hydrogen-bond donors (Lipinski definition) is 1. The second-order valence-electron chi connectivity index (χ2n) is 4.72. The van der Waals surface area contributed by atoms with Crippen molar-refractivity contribution in [2.24, 2.45) is 5.73 Å². The normalized spacial score (nSPS) is 10.6. The smallest absolute Gasteiger partial charge is 0.338 e. The summed E-state index contributed by atoms with van der Waals surface area (Å²) in [5.74, 6) is -0.314. The highest BCUT2D eigenvalue weighted by Crippen LogP contribution is 2.13. The predicted molar refractivity (Wildman–Crippen MR) is 79.3 cm³/mol. The number of aromatic nitrogens is 3. The largest absolute Gasteiger partial charge is 0.462 e. The summed E-state index contributed by atoms with van der Waals surface area (Å²) in [6.45, 7) is 3.02. The van der Waals surface area contributed by atoms with E-state index < -0.39 is 0 Å². The van der Waals surface area contributed by atoms with Gasteiger partial charge in [-0.3, -0.25) is 0 Å². The number of nitrogens with two attached hydrogens (primary N) is 1. The molecule has 21 heavy (non-hydrogen) atoms. The lowest BCUT2D eigenvalue weighted by Crippen LogP contribution is -2.10. The Bertz CT molecular complexity index is 595. The van der Waals surface area contributed by atoms with Crippen molar-refractivity contribution in [1.29, 1.82) is 0 Å². The summed E-state index contributed by atoms with van der Waals surface area (Å²) in [6.07, 6.45) is 4.22. The van der Waals surface area contributed by atoms with Gasteiger partial charge in [-0.2, -0.15) is 0 Å². The fraction of sp³-hybridized carbons (Fsp3) is 0.400. The van der Waals surface area contributed by atoms with E-state index in [2.05, 4.69) is 17.2 Å². The van der Waals surface area contributed by atoms with Crippen LogP contribution in [0.4, 0.5) is 0 Å². The number of unbranched alkanes of at least 4 members (excludes halogenated alkanes) is 1. The molecule has 0 saturated heterocycles. The molecule has 0 spiro atoms. The van der Waals surface area contributed by atoms with E-state index in [-0.39, 0.29) is 5.97 Å². The molecule has 1 heterocycles. The zero-order valence-electron chi connectivity index (χ0n) is 12.2. The zero-order chi connectivity index (χ0) is 15.1. The molecule has 0 saturated carbocycles. The van der Waals surface area contributed by atoms with E-state index in [1.54, 1.807) is 29.1 Å². The van der Waals surface area contributed by atoms with Gasteiger partial charge in [0.2, 0.25) is 0 Å². The van der Waals surface area contributed by atoms with Gasteiger partial charge in [0.15, 0.2) is 0 Å². The summed E-state index contributed by atoms with van der Waals surface area (Å²) in [5.41, 5.74) is 7.77. The van der Waals surface area contributed by atoms with Crippen LogP contribution >= 0.6 is 0 Å². The third-order valence-corrected chi connectivity index (χ3v) is 3.08. The summed E-state index contributed by atoms with van der Waals surface area (Å²) >= 11 is 0. The van der Waals surface area contributed by atoms with Crippen LogP contribution in [0.2, 0.25) is 0 Å². The van der Waals surface area contributed by atoms with E-state index in [0.29, 0.717) is 25.1 Å². The minimum Gasteiger partial charge on any atom is -0.462 e. The van der Waals surface area contributed by atoms with E-state index >= 15 is 0 Å². The Balaban J connectivity index is 2.17. The Morgan fingerprint density at radius 3 is 3.05 bits per heavy atom. The fourth-order valence-electron chi connectivity index (χ4n) is 1.95. The monoisotopic (exact) mass is 288 g/mol. The maximum atomic E-state index is 12.0. The van der Waals surface area contributed by atoms with Crippen LogP contribution in [0.15, 0.2) is 30.5 Å². The number of rotatable bonds is 7. The molecule has 112 valence electrons. The van der Waals surface area contributed by atoms with Crippen molar-refractivity contribution >= 4 is 5.97 Å². The first-order valence-electron chi connectivity index (χ1n) is 7.13. The molecule has 1 aromatic carbocycles. The van der Waals surface area contributed by atoms with Gasteiger partial charge < -0.3 is 10.5 Å². The third-order valence-electron chi connectivity index (χ3n) is 3.08. The summed E-state index contributed by atoms with van der Waals surface area (Å²) < 4.78 is 6.90. The van der Waals surface area contributed by atoms with Crippen LogP contribution in [0.25, 0.3) is 5.69 Å². The quantitative estimate of drug-likeness (QED) is 0.619. The average Bonchev–Trinajstić information content (AvgIpc) is 2.96. The Kier molecular flexibility index (Phi) is 5.45. The number of esters is 1. The van der Waals surface area contributed by atoms with Crippen LogP contribution in [0.3, 0.4) is 0 Å². The Labute approximate surface area is 123 Å². The van der Waals surface area contributed by atoms with Gasteiger partial charge in [-0.15, -0.1) is 5.10 Å². The molecule has 0 aliphatic heterocycles. The molecule has 2 rings (SSSR count). The van der Waals surface area contributed by atoms with E-state index in [4.69, 9.17) is 10.5 Å². The standard InChI is InChI=1S/C15H20N4O2/c1-2-3-9-21-15(20)12-5-4-6-13(10-12)19-14(7-8-16)11-17-18-19/h4-6,10-11H,2-3,7-9,16H2,1H3. The van der Waals surface area contributed by atoms with Crippen molar-refractivity contribution in [3.05, 3.63) is 41.7 Å². The van der Waals surface area contributed by atoms with Crippen molar-refractivity contribution in [3.63, 3.8) is 0 Å². The van der Waals surface area contributed by atoms with Crippen molar-refractivity contribution in [3.8, 4) is 5.69 Å². The summed E-state index contributed by atoms with van der Waals surface area (Å²) in [5, 5.41) is 7.93. The molecule has 0 aliphatic carbocycles. The molecule has 0 aliphatic rings. The number of carbonyl (C=O) groups excluding carboxylic acids is 1. The number of benzene rings is 1. The van der Waals surface area contributed by atoms with Gasteiger partial charge in [0.05, 0.1) is 29.7 Å². The van der Waals surface area contributed by atoms with Gasteiger partial charge in [-0.05, 0) is 31.2 Å². The maximum absolute atomic E-state index is 12.0. The van der Waals surface area contributed by atoms with Gasteiger partial charge in [-0.25, -0.2) is 9.48 Å². The molecular formula is C15H20N4O2. The summed E-state index contributed by atoms with van der Waals surface area (Å²) in [6, 6.07) is 7.16. The third kappa shape index (κ3) is 3.88. The Morgan fingerprint density at radius 1 is 1.43 bits per heavy atom. The molecule has 0 fully saturated rings. The molecular weight excluding hydrogens is 268 g/mol. The SMILES string of the molecule is CCCCOC(=O)c1cccc(-n2nncc2CCN)c1. The average molecular weight is 288 g/mol. The number of carbonyl (C=O) groups is 1. The molecule has 0 radical (unpaired) electrons. The molecule has 0 atom stereocenters. The van der Waals surface area contributed by atoms with Crippen molar-refractivity contribution in [2.75, 3.05) is 13.2 Å². The molecule has 6 nitrogen and oxygen atoms in total. The van der Waals surface area contributed by atoms with Gasteiger partial charge in [0, 0.05) is 6.42 Å². The first-order chi connectivity index (χ1) is 10.3. The van der Waals surface area contributed by atoms with Crippen LogP contribution in [0, 0.1) is 0 Å². The van der Waals surface area contributed by atoms with E-state index in [1.165, 1.54) is 0 Å². The van der Waals surface area contributed by atoms with Crippen LogP contribution in [0.1, 0.15) is 35.8 Å². The molecule has 1 aromatic heterocycles. The van der Waals surface area contributed by atoms with E-state index in [0.717, 1.165) is 24.2 Å². The van der Waals surface area contributed by atoms with Gasteiger partial charge >= 0.3 is 5.97 Å². The predicted octanol–water partition coefficient (Wildman–Crippen LogP) is 1.73. The van der Waals surface area contributed by atoms with Gasteiger partial charge in [0.25, 0.3) is 0 Å². The molecule has 0 bridgehead atoms. The summed E-state index contributed by atoms with van der Waals surface area (Å²) in [4.78, 5) is 12.0. The number of nitrogens with zero attached hydrogens (tertiary/aromatic N) is 3. The van der Waals surface area contributed by atoms with Crippen molar-refractivity contribution in [2.45, 2.75) is 26.2 Å². The van der Waals surface area contributed by atoms with Crippen molar-refractivity contribution in [1.82, 2.24) is 15.0 Å². The molecule has 2 N–H and O–H groups in total. The summed E-state index contributed by atoms with van der Waals surface area (Å²) in [7, 11) is 0. The van der Waals surface area contributed by atoms with E-state index in [9.17, 15) is 4.79 Å². The van der Waals surface area contributed by atoms with Crippen LogP contribution < -0.4 is 5.73 Å². The second kappa shape index (κ2) is 7.54. The lowest BCUT2D eigenvalue weighted by molar-refractivity contribution is 0.0499. The zero-order valence-corrected chi connectivity index (χ0v) is 12.2. The molecule has 6 heteroatoms. The van der Waals surface area contributed by atoms with Crippen LogP contribution in [-0.2, 0) is 11.2 Å². The van der Waals surface area contributed by atoms with E-state index in [1.807, 2.05) is 6.07 Å². The lowest BCUT2D eigenvalue weighted by Gasteiger charge is -2.08. The molecule has 2 aromatic rings. The lowest BCUT2D eigenvalue weighted by atomic mass is 10.2. The highest BCUT2D eigenvalue weighted by Gasteiger charge is 2.10. The highest BCUT2D eigenvalue weighted by atomic mass is 16.5. The van der Waals surface area contributed by atoms with Crippen LogP contribution in [-0.4, -0.2) is 34.1 Å². The number of ether oxygens (including phenoxy) is 1.